The lowest BCUT2D eigenvalue weighted by atomic mass is 10.1. The molecule has 5 rings (SSSR count). The Balaban J connectivity index is 1.45. The Hall–Kier alpha value is -4.22. The molecule has 1 aromatic heterocycles. The molecule has 160 valence electrons. The second kappa shape index (κ2) is 8.73. The Morgan fingerprint density at radius 1 is 0.606 bits per heavy atom. The van der Waals surface area contributed by atoms with E-state index in [4.69, 9.17) is 21.1 Å². The number of nitrogens with zero attached hydrogens (tertiary/aromatic N) is 1. The third-order valence-electron chi connectivity index (χ3n) is 5.13. The molecule has 6 heteroatoms. The van der Waals surface area contributed by atoms with Crippen LogP contribution in [0.15, 0.2) is 97.1 Å². The van der Waals surface area contributed by atoms with E-state index in [9.17, 15) is 9.59 Å². The standard InChI is InChI=1S/C27H16ClNO4/c28-25-23-15-19(32-26(30)17-7-3-1-4-8-17)11-13-21(23)22-14-12-20(16-24(22)29-25)33-27(31)18-9-5-2-6-10-18/h1-16H. The highest BCUT2D eigenvalue weighted by Gasteiger charge is 2.14. The Morgan fingerprint density at radius 3 is 1.70 bits per heavy atom. The summed E-state index contributed by atoms with van der Waals surface area (Å²) in [7, 11) is 0. The normalized spacial score (nSPS) is 10.8. The second-order valence-corrected chi connectivity index (χ2v) is 7.66. The van der Waals surface area contributed by atoms with Crippen LogP contribution in [0.25, 0.3) is 21.7 Å². The lowest BCUT2D eigenvalue weighted by Crippen LogP contribution is -2.08. The van der Waals surface area contributed by atoms with E-state index in [0.29, 0.717) is 33.5 Å². The second-order valence-electron chi connectivity index (χ2n) is 7.30. The van der Waals surface area contributed by atoms with Crippen molar-refractivity contribution in [3.05, 3.63) is 113 Å². The van der Waals surface area contributed by atoms with Crippen LogP contribution >= 0.6 is 11.6 Å². The van der Waals surface area contributed by atoms with Crippen molar-refractivity contribution in [3.63, 3.8) is 0 Å². The molecule has 0 atom stereocenters. The molecule has 0 bridgehead atoms. The number of carbonyl (C=O) groups is 2. The van der Waals surface area contributed by atoms with E-state index in [0.717, 1.165) is 10.8 Å². The van der Waals surface area contributed by atoms with Gasteiger partial charge in [0.1, 0.15) is 16.7 Å². The van der Waals surface area contributed by atoms with Crippen LogP contribution in [0.2, 0.25) is 5.15 Å². The summed E-state index contributed by atoms with van der Waals surface area (Å²) in [6, 6.07) is 27.9. The average molecular weight is 454 g/mol. The molecule has 4 aromatic carbocycles. The average Bonchev–Trinajstić information content (AvgIpc) is 2.85. The maximum Gasteiger partial charge on any atom is 0.343 e. The molecule has 5 nitrogen and oxygen atoms in total. The van der Waals surface area contributed by atoms with Crippen molar-refractivity contribution in [1.82, 2.24) is 4.98 Å². The smallest absolute Gasteiger partial charge is 0.343 e. The van der Waals surface area contributed by atoms with Gasteiger partial charge in [0.25, 0.3) is 0 Å². The van der Waals surface area contributed by atoms with Gasteiger partial charge in [-0.15, -0.1) is 0 Å². The number of aromatic nitrogens is 1. The minimum Gasteiger partial charge on any atom is -0.423 e. The highest BCUT2D eigenvalue weighted by Crippen LogP contribution is 2.33. The number of hydrogen-bond acceptors (Lipinski definition) is 5. The summed E-state index contributed by atoms with van der Waals surface area (Å²) in [5.41, 5.74) is 1.50. The maximum absolute atomic E-state index is 12.4. The molecule has 0 N–H and O–H groups in total. The fraction of sp³-hybridized carbons (Fsp3) is 0. The molecule has 0 saturated heterocycles. The van der Waals surface area contributed by atoms with Crippen LogP contribution in [-0.4, -0.2) is 16.9 Å². The quantitative estimate of drug-likeness (QED) is 0.135. The lowest BCUT2D eigenvalue weighted by Gasteiger charge is -2.10. The van der Waals surface area contributed by atoms with Gasteiger partial charge < -0.3 is 9.47 Å². The van der Waals surface area contributed by atoms with Crippen molar-refractivity contribution in [2.24, 2.45) is 0 Å². The molecule has 0 aliphatic carbocycles. The van der Waals surface area contributed by atoms with Crippen LogP contribution < -0.4 is 9.47 Å². The number of hydrogen-bond donors (Lipinski definition) is 0. The molecule has 0 aliphatic rings. The van der Waals surface area contributed by atoms with Crippen molar-refractivity contribution in [1.29, 1.82) is 0 Å². The Kier molecular flexibility index (Phi) is 5.47. The fourth-order valence-electron chi connectivity index (χ4n) is 3.53. The first kappa shape index (κ1) is 20.7. The predicted octanol–water partition coefficient (Wildman–Crippen LogP) is 6.48. The number of halogens is 1. The largest absolute Gasteiger partial charge is 0.423 e. The van der Waals surface area contributed by atoms with Crippen LogP contribution in [-0.2, 0) is 0 Å². The molecule has 0 spiro atoms. The summed E-state index contributed by atoms with van der Waals surface area (Å²) in [5, 5.41) is 2.57. The van der Waals surface area contributed by atoms with Crippen LogP contribution in [0, 0.1) is 0 Å². The van der Waals surface area contributed by atoms with Crippen molar-refractivity contribution >= 4 is 45.2 Å². The van der Waals surface area contributed by atoms with E-state index in [2.05, 4.69) is 4.98 Å². The van der Waals surface area contributed by atoms with Gasteiger partial charge in [-0.3, -0.25) is 0 Å². The number of pyridine rings is 1. The highest BCUT2D eigenvalue weighted by atomic mass is 35.5. The van der Waals surface area contributed by atoms with Crippen molar-refractivity contribution in [2.45, 2.75) is 0 Å². The van der Waals surface area contributed by atoms with E-state index in [1.807, 2.05) is 24.3 Å². The number of carbonyl (C=O) groups excluding carboxylic acids is 2. The molecule has 0 aliphatic heterocycles. The van der Waals surface area contributed by atoms with Crippen molar-refractivity contribution in [2.75, 3.05) is 0 Å². The summed E-state index contributed by atoms with van der Waals surface area (Å²) in [5.74, 6) is -0.170. The minimum atomic E-state index is -0.454. The fourth-order valence-corrected chi connectivity index (χ4v) is 3.78. The molecule has 33 heavy (non-hydrogen) atoms. The minimum absolute atomic E-state index is 0.252. The molecular formula is C27H16ClNO4. The van der Waals surface area contributed by atoms with Crippen LogP contribution in [0.5, 0.6) is 11.5 Å². The van der Waals surface area contributed by atoms with Crippen LogP contribution in [0.1, 0.15) is 20.7 Å². The van der Waals surface area contributed by atoms with Gasteiger partial charge in [0.15, 0.2) is 0 Å². The van der Waals surface area contributed by atoms with E-state index < -0.39 is 11.9 Å². The first-order chi connectivity index (χ1) is 16.1. The molecule has 0 unspecified atom stereocenters. The summed E-state index contributed by atoms with van der Waals surface area (Å²) in [4.78, 5) is 29.2. The molecule has 0 fully saturated rings. The summed E-state index contributed by atoms with van der Waals surface area (Å²) in [6.07, 6.45) is 0. The first-order valence-corrected chi connectivity index (χ1v) is 10.5. The molecular weight excluding hydrogens is 438 g/mol. The third-order valence-corrected chi connectivity index (χ3v) is 5.42. The zero-order valence-electron chi connectivity index (χ0n) is 17.2. The van der Waals surface area contributed by atoms with Gasteiger partial charge in [0.05, 0.1) is 16.6 Å². The Morgan fingerprint density at radius 2 is 1.12 bits per heavy atom. The highest BCUT2D eigenvalue weighted by molar-refractivity contribution is 6.35. The SMILES string of the molecule is O=C(Oc1ccc2c(c1)nc(Cl)c1cc(OC(=O)c3ccccc3)ccc12)c1ccccc1. The van der Waals surface area contributed by atoms with Crippen LogP contribution in [0.4, 0.5) is 0 Å². The van der Waals surface area contributed by atoms with Gasteiger partial charge in [0.2, 0.25) is 0 Å². The predicted molar refractivity (Wildman–Crippen MR) is 127 cm³/mol. The molecule has 1 heterocycles. The van der Waals surface area contributed by atoms with Gasteiger partial charge in [-0.1, -0.05) is 48.0 Å². The lowest BCUT2D eigenvalue weighted by molar-refractivity contribution is 0.0725. The van der Waals surface area contributed by atoms with E-state index in [1.165, 1.54) is 0 Å². The van der Waals surface area contributed by atoms with E-state index >= 15 is 0 Å². The number of rotatable bonds is 4. The van der Waals surface area contributed by atoms with Gasteiger partial charge in [-0.2, -0.15) is 0 Å². The Labute approximate surface area is 194 Å². The monoisotopic (exact) mass is 453 g/mol. The van der Waals surface area contributed by atoms with E-state index in [1.54, 1.807) is 72.8 Å². The van der Waals surface area contributed by atoms with Crippen molar-refractivity contribution in [3.8, 4) is 11.5 Å². The molecule has 5 aromatic rings. The maximum atomic E-state index is 12.4. The topological polar surface area (TPSA) is 65.5 Å². The number of benzene rings is 4. The number of ether oxygens (including phenoxy) is 2. The van der Waals surface area contributed by atoms with Gasteiger partial charge in [-0.05, 0) is 60.0 Å². The molecule has 0 saturated carbocycles. The first-order valence-electron chi connectivity index (χ1n) is 10.2. The number of fused-ring (bicyclic) bond motifs is 3. The van der Waals surface area contributed by atoms with Crippen LogP contribution in [0.3, 0.4) is 0 Å². The molecule has 0 radical (unpaired) electrons. The molecule has 0 amide bonds. The summed E-state index contributed by atoms with van der Waals surface area (Å²) >= 11 is 6.46. The number of esters is 2. The van der Waals surface area contributed by atoms with Gasteiger partial charge >= 0.3 is 11.9 Å². The Bertz CT molecular complexity index is 1500. The summed E-state index contributed by atoms with van der Waals surface area (Å²) < 4.78 is 11.0. The third kappa shape index (κ3) is 4.27. The van der Waals surface area contributed by atoms with E-state index in [-0.39, 0.29) is 5.15 Å². The van der Waals surface area contributed by atoms with Crippen molar-refractivity contribution < 1.29 is 19.1 Å². The van der Waals surface area contributed by atoms with Gasteiger partial charge in [0, 0.05) is 16.8 Å². The zero-order valence-corrected chi connectivity index (χ0v) is 18.0. The zero-order chi connectivity index (χ0) is 22.8. The summed E-state index contributed by atoms with van der Waals surface area (Å²) in [6.45, 7) is 0. The van der Waals surface area contributed by atoms with Gasteiger partial charge in [-0.25, -0.2) is 14.6 Å².